The minimum absolute atomic E-state index is 0.0510. The van der Waals surface area contributed by atoms with Crippen LogP contribution in [0.3, 0.4) is 0 Å². The molecule has 0 aliphatic rings. The number of halogens is 1. The van der Waals surface area contributed by atoms with Gasteiger partial charge in [-0.25, -0.2) is 4.98 Å². The molecule has 2 heterocycles. The zero-order chi connectivity index (χ0) is 14.6. The van der Waals surface area contributed by atoms with Gasteiger partial charge in [-0.05, 0) is 26.8 Å². The van der Waals surface area contributed by atoms with Gasteiger partial charge in [-0.15, -0.1) is 0 Å². The minimum atomic E-state index is 0.0510. The molecule has 0 amide bonds. The van der Waals surface area contributed by atoms with Crippen molar-refractivity contribution < 1.29 is 4.74 Å². The Labute approximate surface area is 124 Å². The van der Waals surface area contributed by atoms with Crippen molar-refractivity contribution in [1.82, 2.24) is 15.3 Å². The van der Waals surface area contributed by atoms with Crippen molar-refractivity contribution in [2.24, 2.45) is 0 Å². The first-order valence-corrected chi connectivity index (χ1v) is 6.79. The van der Waals surface area contributed by atoms with E-state index < -0.39 is 0 Å². The molecule has 5 heteroatoms. The predicted molar refractivity (Wildman–Crippen MR) is 80.2 cm³/mol. The average molecular weight is 292 g/mol. The maximum atomic E-state index is 5.87. The Hall–Kier alpha value is -1.65. The molecule has 4 nitrogen and oxygen atoms in total. The van der Waals surface area contributed by atoms with Crippen LogP contribution in [0.25, 0.3) is 0 Å². The molecule has 0 saturated carbocycles. The molecule has 0 bridgehead atoms. The van der Waals surface area contributed by atoms with Crippen molar-refractivity contribution in [2.75, 3.05) is 0 Å². The first-order chi connectivity index (χ1) is 9.42. The molecule has 0 atom stereocenters. The van der Waals surface area contributed by atoms with E-state index in [1.54, 1.807) is 18.5 Å². The van der Waals surface area contributed by atoms with Crippen LogP contribution in [0.5, 0.6) is 11.6 Å². The minimum Gasteiger partial charge on any atom is -0.437 e. The maximum absolute atomic E-state index is 5.87. The summed E-state index contributed by atoms with van der Waals surface area (Å²) < 4.78 is 5.65. The third-order valence-electron chi connectivity index (χ3n) is 2.48. The van der Waals surface area contributed by atoms with Crippen LogP contribution in [0.15, 0.2) is 36.7 Å². The van der Waals surface area contributed by atoms with Crippen LogP contribution in [0.4, 0.5) is 0 Å². The van der Waals surface area contributed by atoms with Crippen LogP contribution in [0, 0.1) is 0 Å². The summed E-state index contributed by atoms with van der Waals surface area (Å²) in [5.41, 5.74) is 0.975. The van der Waals surface area contributed by atoms with Gasteiger partial charge in [0.05, 0.1) is 16.9 Å². The Balaban J connectivity index is 2.06. The smallest absolute Gasteiger partial charge is 0.219 e. The standard InChI is InChI=1S/C15H18ClN3O/c1-15(2,3)18-9-12-5-4-6-14(19-12)20-13-7-11(16)8-17-10-13/h4-8,10,18H,9H2,1-3H3. The number of pyridine rings is 2. The summed E-state index contributed by atoms with van der Waals surface area (Å²) in [5, 5.41) is 3.92. The number of hydrogen-bond donors (Lipinski definition) is 1. The van der Waals surface area contributed by atoms with E-state index in [4.69, 9.17) is 16.3 Å². The lowest BCUT2D eigenvalue weighted by atomic mass is 10.1. The fourth-order valence-electron chi connectivity index (χ4n) is 1.54. The SMILES string of the molecule is CC(C)(C)NCc1cccc(Oc2cncc(Cl)c2)n1. The molecule has 0 aliphatic heterocycles. The zero-order valence-electron chi connectivity index (χ0n) is 11.9. The lowest BCUT2D eigenvalue weighted by Crippen LogP contribution is -2.35. The average Bonchev–Trinajstić information content (AvgIpc) is 2.36. The molecular weight excluding hydrogens is 274 g/mol. The summed E-state index contributed by atoms with van der Waals surface area (Å²) in [5.74, 6) is 1.10. The van der Waals surface area contributed by atoms with Gasteiger partial charge in [0.2, 0.25) is 5.88 Å². The molecule has 0 unspecified atom stereocenters. The number of aromatic nitrogens is 2. The summed E-state index contributed by atoms with van der Waals surface area (Å²) in [4.78, 5) is 8.42. The second-order valence-electron chi connectivity index (χ2n) is 5.51. The Morgan fingerprint density at radius 3 is 2.75 bits per heavy atom. The lowest BCUT2D eigenvalue weighted by Gasteiger charge is -2.20. The first-order valence-electron chi connectivity index (χ1n) is 6.42. The third kappa shape index (κ3) is 4.79. The topological polar surface area (TPSA) is 47.0 Å². The van der Waals surface area contributed by atoms with Crippen LogP contribution in [-0.4, -0.2) is 15.5 Å². The van der Waals surface area contributed by atoms with E-state index in [9.17, 15) is 0 Å². The summed E-state index contributed by atoms with van der Waals surface area (Å²) in [7, 11) is 0. The van der Waals surface area contributed by atoms with Gasteiger partial charge in [0.1, 0.15) is 5.75 Å². The van der Waals surface area contributed by atoms with Gasteiger partial charge in [-0.1, -0.05) is 17.7 Å². The highest BCUT2D eigenvalue weighted by atomic mass is 35.5. The summed E-state index contributed by atoms with van der Waals surface area (Å²) in [6, 6.07) is 7.39. The molecule has 2 rings (SSSR count). The number of hydrogen-bond acceptors (Lipinski definition) is 4. The first kappa shape index (κ1) is 14.8. The number of nitrogens with one attached hydrogen (secondary N) is 1. The fourth-order valence-corrected chi connectivity index (χ4v) is 1.70. The fraction of sp³-hybridized carbons (Fsp3) is 0.333. The van der Waals surface area contributed by atoms with Crippen molar-refractivity contribution in [3.63, 3.8) is 0 Å². The highest BCUT2D eigenvalue weighted by molar-refractivity contribution is 6.30. The van der Waals surface area contributed by atoms with E-state index >= 15 is 0 Å². The molecule has 0 aliphatic carbocycles. The van der Waals surface area contributed by atoms with Crippen LogP contribution in [0.1, 0.15) is 26.5 Å². The van der Waals surface area contributed by atoms with E-state index in [2.05, 4.69) is 36.1 Å². The predicted octanol–water partition coefficient (Wildman–Crippen LogP) is 3.81. The quantitative estimate of drug-likeness (QED) is 0.930. The Kier molecular flexibility index (Phi) is 4.57. The molecule has 2 aromatic rings. The van der Waals surface area contributed by atoms with Gasteiger partial charge in [-0.2, -0.15) is 0 Å². The van der Waals surface area contributed by atoms with E-state index in [0.717, 1.165) is 5.69 Å². The Morgan fingerprint density at radius 1 is 1.25 bits per heavy atom. The van der Waals surface area contributed by atoms with Gasteiger partial charge < -0.3 is 10.1 Å². The number of ether oxygens (including phenoxy) is 1. The van der Waals surface area contributed by atoms with Crippen molar-refractivity contribution in [3.8, 4) is 11.6 Å². The maximum Gasteiger partial charge on any atom is 0.219 e. The van der Waals surface area contributed by atoms with Gasteiger partial charge in [0.15, 0.2) is 0 Å². The van der Waals surface area contributed by atoms with Crippen molar-refractivity contribution >= 4 is 11.6 Å². The summed E-state index contributed by atoms with van der Waals surface area (Å²) >= 11 is 5.87. The van der Waals surface area contributed by atoms with E-state index in [1.165, 1.54) is 0 Å². The molecule has 1 N–H and O–H groups in total. The second kappa shape index (κ2) is 6.20. The van der Waals surface area contributed by atoms with E-state index in [1.807, 2.05) is 18.2 Å². The molecule has 0 fully saturated rings. The number of nitrogens with zero attached hydrogens (tertiary/aromatic N) is 2. The summed E-state index contributed by atoms with van der Waals surface area (Å²) in [6.45, 7) is 7.04. The van der Waals surface area contributed by atoms with Crippen LogP contribution < -0.4 is 10.1 Å². The van der Waals surface area contributed by atoms with Crippen LogP contribution in [0.2, 0.25) is 5.02 Å². The highest BCUT2D eigenvalue weighted by Gasteiger charge is 2.09. The van der Waals surface area contributed by atoms with Crippen molar-refractivity contribution in [1.29, 1.82) is 0 Å². The Bertz CT molecular complexity index is 581. The zero-order valence-corrected chi connectivity index (χ0v) is 12.6. The normalized spacial score (nSPS) is 11.4. The third-order valence-corrected chi connectivity index (χ3v) is 2.69. The molecule has 20 heavy (non-hydrogen) atoms. The molecule has 2 aromatic heterocycles. The van der Waals surface area contributed by atoms with Crippen molar-refractivity contribution in [3.05, 3.63) is 47.4 Å². The van der Waals surface area contributed by atoms with E-state index in [-0.39, 0.29) is 5.54 Å². The summed E-state index contributed by atoms with van der Waals surface area (Å²) in [6.07, 6.45) is 3.17. The molecule has 106 valence electrons. The van der Waals surface area contributed by atoms with Crippen LogP contribution in [-0.2, 0) is 6.54 Å². The van der Waals surface area contributed by atoms with E-state index in [0.29, 0.717) is 23.2 Å². The number of rotatable bonds is 4. The highest BCUT2D eigenvalue weighted by Crippen LogP contribution is 2.21. The van der Waals surface area contributed by atoms with Gasteiger partial charge in [-0.3, -0.25) is 4.98 Å². The largest absolute Gasteiger partial charge is 0.437 e. The van der Waals surface area contributed by atoms with Crippen molar-refractivity contribution in [2.45, 2.75) is 32.9 Å². The molecule has 0 spiro atoms. The Morgan fingerprint density at radius 2 is 2.05 bits per heavy atom. The van der Waals surface area contributed by atoms with Gasteiger partial charge >= 0.3 is 0 Å². The lowest BCUT2D eigenvalue weighted by molar-refractivity contribution is 0.416. The monoisotopic (exact) mass is 291 g/mol. The van der Waals surface area contributed by atoms with Crippen LogP contribution >= 0.6 is 11.6 Å². The van der Waals surface area contributed by atoms with Gasteiger partial charge in [0, 0.05) is 30.4 Å². The molecular formula is C15H18ClN3O. The van der Waals surface area contributed by atoms with Gasteiger partial charge in [0.25, 0.3) is 0 Å². The molecule has 0 radical (unpaired) electrons. The molecule has 0 aromatic carbocycles. The molecule has 0 saturated heterocycles. The second-order valence-corrected chi connectivity index (χ2v) is 5.95.